The summed E-state index contributed by atoms with van der Waals surface area (Å²) < 4.78 is 10.6. The van der Waals surface area contributed by atoms with Crippen LogP contribution in [0.25, 0.3) is 0 Å². The fourth-order valence-electron chi connectivity index (χ4n) is 7.73. The number of rotatable bonds is 10. The third-order valence-corrected chi connectivity index (χ3v) is 11.1. The van der Waals surface area contributed by atoms with Gasteiger partial charge in [-0.25, -0.2) is 19.4 Å². The second-order valence-corrected chi connectivity index (χ2v) is 18.2. The smallest absolute Gasteiger partial charge is 0.412 e. The number of ketones is 1. The van der Waals surface area contributed by atoms with Crippen molar-refractivity contribution >= 4 is 87.1 Å². The molecule has 6 aromatic rings. The van der Waals surface area contributed by atoms with Gasteiger partial charge in [0, 0.05) is 59.3 Å². The van der Waals surface area contributed by atoms with Crippen LogP contribution in [-0.4, -0.2) is 66.9 Å². The van der Waals surface area contributed by atoms with E-state index in [2.05, 4.69) is 10.6 Å². The second-order valence-electron chi connectivity index (χ2n) is 18.2. The summed E-state index contributed by atoms with van der Waals surface area (Å²) in [5.74, 6) is -2.77. The van der Waals surface area contributed by atoms with E-state index in [0.29, 0.717) is 22.7 Å². The first-order chi connectivity index (χ1) is 32.2. The number of amides is 6. The van der Waals surface area contributed by atoms with Gasteiger partial charge in [-0.3, -0.25) is 34.6 Å². The van der Waals surface area contributed by atoms with Crippen LogP contribution in [0.1, 0.15) is 98.9 Å². The fraction of sp³-hybridized carbons (Fsp3) is 0.189. The van der Waals surface area contributed by atoms with Crippen LogP contribution in [0, 0.1) is 0 Å². The van der Waals surface area contributed by atoms with Crippen molar-refractivity contribution in [2.45, 2.75) is 52.7 Å². The minimum Gasteiger partial charge on any atom is -0.444 e. The van der Waals surface area contributed by atoms with E-state index >= 15 is 0 Å². The van der Waals surface area contributed by atoms with Crippen molar-refractivity contribution in [1.29, 1.82) is 0 Å². The number of nitrogens with zero attached hydrogens (tertiary/aromatic N) is 4. The number of benzene rings is 6. The van der Waals surface area contributed by atoms with Crippen LogP contribution >= 0.6 is 0 Å². The lowest BCUT2D eigenvalue weighted by Gasteiger charge is -2.22. The highest BCUT2D eigenvalue weighted by Gasteiger charge is 2.39. The Balaban J connectivity index is 0.916. The van der Waals surface area contributed by atoms with Gasteiger partial charge in [0.15, 0.2) is 5.78 Å². The number of carbonyl (C=O) groups is 7. The van der Waals surface area contributed by atoms with Crippen LogP contribution < -0.4 is 30.2 Å². The highest BCUT2D eigenvalue weighted by Crippen LogP contribution is 2.35. The molecule has 15 heteroatoms. The molecule has 2 N–H and O–H groups in total. The predicted octanol–water partition coefficient (Wildman–Crippen LogP) is 10.7. The van der Waals surface area contributed by atoms with Crippen molar-refractivity contribution in [3.05, 3.63) is 167 Å². The van der Waals surface area contributed by atoms with Gasteiger partial charge in [-0.05, 0) is 163 Å². The lowest BCUT2D eigenvalue weighted by molar-refractivity contribution is 0.0624. The molecule has 8 rings (SSSR count). The monoisotopic (exact) mass is 912 g/mol. The Morgan fingerprint density at radius 1 is 0.426 bits per heavy atom. The fourth-order valence-corrected chi connectivity index (χ4v) is 7.73. The molecule has 6 amide bonds. The maximum Gasteiger partial charge on any atom is 0.412 e. The van der Waals surface area contributed by atoms with Crippen LogP contribution in [0.3, 0.4) is 0 Å². The molecule has 0 aromatic heterocycles. The minimum absolute atomic E-state index is 0.0574. The highest BCUT2D eigenvalue weighted by molar-refractivity contribution is 6.36. The van der Waals surface area contributed by atoms with Crippen molar-refractivity contribution in [2.24, 2.45) is 0 Å². The molecule has 2 heterocycles. The first-order valence-electron chi connectivity index (χ1n) is 21.6. The van der Waals surface area contributed by atoms with E-state index in [1.807, 2.05) is 48.2 Å². The van der Waals surface area contributed by atoms with Gasteiger partial charge < -0.3 is 19.3 Å². The zero-order valence-electron chi connectivity index (χ0n) is 38.7. The molecule has 6 aromatic carbocycles. The number of nitrogens with one attached hydrogen (secondary N) is 2. The maximum absolute atomic E-state index is 13.9. The average Bonchev–Trinajstić information content (AvgIpc) is 3.70. The molecule has 2 aliphatic heterocycles. The summed E-state index contributed by atoms with van der Waals surface area (Å²) in [7, 11) is 3.71. The van der Waals surface area contributed by atoms with Crippen molar-refractivity contribution in [3.63, 3.8) is 0 Å². The maximum atomic E-state index is 13.9. The molecule has 0 bridgehead atoms. The first-order valence-corrected chi connectivity index (χ1v) is 21.6. The summed E-state index contributed by atoms with van der Waals surface area (Å²) in [6.07, 6.45) is -1.12. The molecule has 0 saturated heterocycles. The number of imide groups is 2. The molecule has 0 atom stereocenters. The summed E-state index contributed by atoms with van der Waals surface area (Å²) in [6, 6.07) is 36.6. The lowest BCUT2D eigenvalue weighted by atomic mass is 9.96. The summed E-state index contributed by atoms with van der Waals surface area (Å²) >= 11 is 0. The standard InChI is InChI=1S/C53H48N6O9/c1-52(2,3)67-50(65)54-33-11-15-35(16-12-33)56(7)37-19-23-39(24-20-37)58-46(61)41-27-9-31(29-43(41)48(58)63)45(60)32-10-28-42-44(30-32)49(64)59(47(42)62)40-25-21-38(22-26-40)57(8)36-17-13-34(14-18-36)55-51(66)68-53(4,5)6/h9-30H,1-8H3,(H,54,65)(H,55,66). The van der Waals surface area contributed by atoms with Gasteiger partial charge in [0.1, 0.15) is 11.2 Å². The molecule has 0 fully saturated rings. The summed E-state index contributed by atoms with van der Waals surface area (Å²) in [6.45, 7) is 10.7. The predicted molar refractivity (Wildman–Crippen MR) is 260 cm³/mol. The van der Waals surface area contributed by atoms with Crippen LogP contribution in [-0.2, 0) is 9.47 Å². The largest absolute Gasteiger partial charge is 0.444 e. The topological polar surface area (TPSA) is 175 Å². The van der Waals surface area contributed by atoms with Gasteiger partial charge in [0.2, 0.25) is 0 Å². The number of anilines is 8. The molecular formula is C53H48N6O9. The number of fused-ring (bicyclic) bond motifs is 2. The number of carbonyl (C=O) groups excluding carboxylic acids is 7. The number of hydrogen-bond donors (Lipinski definition) is 2. The Morgan fingerprint density at radius 3 is 1.03 bits per heavy atom. The van der Waals surface area contributed by atoms with E-state index in [9.17, 15) is 33.6 Å². The second kappa shape index (κ2) is 17.7. The Bertz CT molecular complexity index is 2820. The summed E-state index contributed by atoms with van der Waals surface area (Å²) in [5, 5.41) is 5.41. The van der Waals surface area contributed by atoms with Crippen molar-refractivity contribution in [2.75, 3.05) is 44.3 Å². The van der Waals surface area contributed by atoms with E-state index in [4.69, 9.17) is 9.47 Å². The third-order valence-electron chi connectivity index (χ3n) is 11.1. The zero-order chi connectivity index (χ0) is 48.8. The Labute approximate surface area is 392 Å². The molecule has 0 aliphatic carbocycles. The molecule has 0 radical (unpaired) electrons. The van der Waals surface area contributed by atoms with Crippen LogP contribution in [0.15, 0.2) is 133 Å². The van der Waals surface area contributed by atoms with Gasteiger partial charge >= 0.3 is 12.2 Å². The van der Waals surface area contributed by atoms with Gasteiger partial charge in [-0.2, -0.15) is 0 Å². The van der Waals surface area contributed by atoms with E-state index in [1.165, 1.54) is 36.4 Å². The van der Waals surface area contributed by atoms with Gasteiger partial charge in [0.05, 0.1) is 33.6 Å². The van der Waals surface area contributed by atoms with Crippen LogP contribution in [0.5, 0.6) is 0 Å². The molecule has 344 valence electrons. The quantitative estimate of drug-likeness (QED) is 0.0988. The van der Waals surface area contributed by atoms with Crippen molar-refractivity contribution in [1.82, 2.24) is 0 Å². The molecule has 2 aliphatic rings. The molecule has 0 saturated carbocycles. The number of hydrogen-bond acceptors (Lipinski definition) is 11. The Morgan fingerprint density at radius 2 is 0.721 bits per heavy atom. The van der Waals surface area contributed by atoms with E-state index < -0.39 is 52.8 Å². The van der Waals surface area contributed by atoms with Gasteiger partial charge in [0.25, 0.3) is 23.6 Å². The van der Waals surface area contributed by atoms with Crippen LogP contribution in [0.4, 0.5) is 55.1 Å². The summed E-state index contributed by atoms with van der Waals surface area (Å²) in [5.41, 5.74) is 4.35. The van der Waals surface area contributed by atoms with Crippen molar-refractivity contribution in [3.8, 4) is 0 Å². The van der Waals surface area contributed by atoms with Crippen LogP contribution in [0.2, 0.25) is 0 Å². The lowest BCUT2D eigenvalue weighted by Crippen LogP contribution is -2.29. The third kappa shape index (κ3) is 9.40. The normalized spacial score (nSPS) is 13.2. The summed E-state index contributed by atoms with van der Waals surface area (Å²) in [4.78, 5) is 99.0. The molecule has 0 unspecified atom stereocenters. The van der Waals surface area contributed by atoms with Crippen molar-refractivity contribution < 1.29 is 43.0 Å². The highest BCUT2D eigenvalue weighted by atomic mass is 16.6. The zero-order valence-corrected chi connectivity index (χ0v) is 38.7. The number of ether oxygens (including phenoxy) is 2. The minimum atomic E-state index is -0.630. The van der Waals surface area contributed by atoms with E-state index in [0.717, 1.165) is 32.5 Å². The van der Waals surface area contributed by atoms with E-state index in [-0.39, 0.29) is 33.4 Å². The Kier molecular flexibility index (Phi) is 11.9. The average molecular weight is 913 g/mol. The molecular weight excluding hydrogens is 865 g/mol. The molecule has 15 nitrogen and oxygen atoms in total. The van der Waals surface area contributed by atoms with E-state index in [1.54, 1.807) is 114 Å². The van der Waals surface area contributed by atoms with Gasteiger partial charge in [-0.1, -0.05) is 12.1 Å². The molecule has 0 spiro atoms. The van der Waals surface area contributed by atoms with Gasteiger partial charge in [-0.15, -0.1) is 0 Å². The molecule has 68 heavy (non-hydrogen) atoms. The Hall–Kier alpha value is -8.59. The SMILES string of the molecule is CN(c1ccc(NC(=O)OC(C)(C)C)cc1)c1ccc(N2C(=O)c3ccc(C(=O)c4ccc5c(c4)C(=O)N(c4ccc(N(C)c6ccc(NC(=O)OC(C)(C)C)cc6)cc4)C5=O)cc3C2=O)cc1. The first kappa shape index (κ1) is 46.0.